The van der Waals surface area contributed by atoms with Crippen LogP contribution in [0, 0.1) is 11.6 Å². The molecular formula is C18H14F2O. The van der Waals surface area contributed by atoms with Crippen molar-refractivity contribution >= 4 is 10.8 Å². The van der Waals surface area contributed by atoms with Crippen molar-refractivity contribution in [3.63, 3.8) is 0 Å². The Bertz CT molecular complexity index is 763. The van der Waals surface area contributed by atoms with Crippen LogP contribution in [-0.4, -0.2) is 5.11 Å². The van der Waals surface area contributed by atoms with Gasteiger partial charge in [-0.15, -0.1) is 0 Å². The molecule has 3 aromatic rings. The van der Waals surface area contributed by atoms with E-state index in [1.165, 1.54) is 18.2 Å². The number of fused-ring (bicyclic) bond motifs is 1. The second kappa shape index (κ2) is 5.62. The molecule has 0 bridgehead atoms. The standard InChI is InChI=1S/C18H14F2O/c19-16-6-3-7-17(20)15(16)11-18(21)14-9-8-12-4-1-2-5-13(12)10-14/h1-10,18,21H,11H2. The predicted molar refractivity (Wildman–Crippen MR) is 79.0 cm³/mol. The Labute approximate surface area is 121 Å². The summed E-state index contributed by atoms with van der Waals surface area (Å²) in [5.74, 6) is -1.26. The van der Waals surface area contributed by atoms with Gasteiger partial charge in [0.15, 0.2) is 0 Å². The number of rotatable bonds is 3. The van der Waals surface area contributed by atoms with Crippen molar-refractivity contribution in [2.24, 2.45) is 0 Å². The number of aliphatic hydroxyl groups excluding tert-OH is 1. The molecule has 3 rings (SSSR count). The van der Waals surface area contributed by atoms with Crippen molar-refractivity contribution in [2.75, 3.05) is 0 Å². The second-order valence-corrected chi connectivity index (χ2v) is 5.03. The molecule has 0 amide bonds. The van der Waals surface area contributed by atoms with E-state index < -0.39 is 17.7 Å². The lowest BCUT2D eigenvalue weighted by Gasteiger charge is -2.13. The van der Waals surface area contributed by atoms with Gasteiger partial charge in [-0.2, -0.15) is 0 Å². The summed E-state index contributed by atoms with van der Waals surface area (Å²) in [7, 11) is 0. The lowest BCUT2D eigenvalue weighted by molar-refractivity contribution is 0.176. The largest absolute Gasteiger partial charge is 0.388 e. The van der Waals surface area contributed by atoms with Crippen LogP contribution in [0.2, 0.25) is 0 Å². The van der Waals surface area contributed by atoms with Crippen LogP contribution in [0.15, 0.2) is 60.7 Å². The molecule has 1 N–H and O–H groups in total. The van der Waals surface area contributed by atoms with Gasteiger partial charge in [-0.25, -0.2) is 8.78 Å². The van der Waals surface area contributed by atoms with E-state index in [1.54, 1.807) is 6.07 Å². The van der Waals surface area contributed by atoms with Gasteiger partial charge in [0.2, 0.25) is 0 Å². The Balaban J connectivity index is 1.91. The highest BCUT2D eigenvalue weighted by atomic mass is 19.1. The molecule has 0 fully saturated rings. The van der Waals surface area contributed by atoms with Crippen molar-refractivity contribution in [1.82, 2.24) is 0 Å². The molecule has 1 atom stereocenters. The highest BCUT2D eigenvalue weighted by Crippen LogP contribution is 2.25. The van der Waals surface area contributed by atoms with Gasteiger partial charge >= 0.3 is 0 Å². The van der Waals surface area contributed by atoms with E-state index in [2.05, 4.69) is 0 Å². The summed E-state index contributed by atoms with van der Waals surface area (Å²) >= 11 is 0. The first-order valence-corrected chi connectivity index (χ1v) is 6.75. The molecular weight excluding hydrogens is 270 g/mol. The SMILES string of the molecule is OC(Cc1c(F)cccc1F)c1ccc2ccccc2c1. The van der Waals surface area contributed by atoms with Crippen molar-refractivity contribution in [1.29, 1.82) is 0 Å². The minimum atomic E-state index is -0.944. The number of hydrogen-bond acceptors (Lipinski definition) is 1. The van der Waals surface area contributed by atoms with Gasteiger partial charge in [-0.1, -0.05) is 42.5 Å². The fourth-order valence-electron chi connectivity index (χ4n) is 2.45. The average molecular weight is 284 g/mol. The second-order valence-electron chi connectivity index (χ2n) is 5.03. The Kier molecular flexibility index (Phi) is 3.67. The molecule has 1 nitrogen and oxygen atoms in total. The quantitative estimate of drug-likeness (QED) is 0.756. The number of hydrogen-bond donors (Lipinski definition) is 1. The molecule has 21 heavy (non-hydrogen) atoms. The zero-order valence-corrected chi connectivity index (χ0v) is 11.3. The fraction of sp³-hybridized carbons (Fsp3) is 0.111. The van der Waals surface area contributed by atoms with E-state index in [4.69, 9.17) is 0 Å². The van der Waals surface area contributed by atoms with Gasteiger partial charge < -0.3 is 5.11 Å². The van der Waals surface area contributed by atoms with Crippen molar-refractivity contribution in [3.8, 4) is 0 Å². The van der Waals surface area contributed by atoms with Crippen LogP contribution in [-0.2, 0) is 6.42 Å². The molecule has 0 aliphatic heterocycles. The van der Waals surface area contributed by atoms with Crippen molar-refractivity contribution in [3.05, 3.63) is 83.4 Å². The summed E-state index contributed by atoms with van der Waals surface area (Å²) < 4.78 is 27.3. The maximum atomic E-state index is 13.6. The molecule has 1 unspecified atom stereocenters. The molecule has 106 valence electrons. The first-order valence-electron chi connectivity index (χ1n) is 6.75. The van der Waals surface area contributed by atoms with Gasteiger partial charge in [0.05, 0.1) is 6.10 Å². The molecule has 0 radical (unpaired) electrons. The fourth-order valence-corrected chi connectivity index (χ4v) is 2.45. The first kappa shape index (κ1) is 13.7. The molecule has 0 aliphatic rings. The number of aliphatic hydroxyl groups is 1. The Morgan fingerprint density at radius 1 is 0.810 bits per heavy atom. The molecule has 0 saturated carbocycles. The van der Waals surface area contributed by atoms with E-state index in [1.807, 2.05) is 36.4 Å². The average Bonchev–Trinajstić information content (AvgIpc) is 2.50. The summed E-state index contributed by atoms with van der Waals surface area (Å²) in [4.78, 5) is 0. The molecule has 0 aliphatic carbocycles. The monoisotopic (exact) mass is 284 g/mol. The number of benzene rings is 3. The van der Waals surface area contributed by atoms with Gasteiger partial charge in [-0.3, -0.25) is 0 Å². The summed E-state index contributed by atoms with van der Waals surface area (Å²) in [6.45, 7) is 0. The van der Waals surface area contributed by atoms with Crippen molar-refractivity contribution < 1.29 is 13.9 Å². The Morgan fingerprint density at radius 3 is 2.19 bits per heavy atom. The molecule has 3 aromatic carbocycles. The summed E-state index contributed by atoms with van der Waals surface area (Å²) in [6, 6.07) is 17.0. The van der Waals surface area contributed by atoms with Gasteiger partial charge in [0, 0.05) is 12.0 Å². The van der Waals surface area contributed by atoms with Gasteiger partial charge in [-0.05, 0) is 34.5 Å². The summed E-state index contributed by atoms with van der Waals surface area (Å²) in [5.41, 5.74) is 0.564. The van der Waals surface area contributed by atoms with Crippen LogP contribution >= 0.6 is 0 Å². The molecule has 0 saturated heterocycles. The highest BCUT2D eigenvalue weighted by molar-refractivity contribution is 5.83. The van der Waals surface area contributed by atoms with Crippen LogP contribution in [0.4, 0.5) is 8.78 Å². The topological polar surface area (TPSA) is 20.2 Å². The molecule has 0 aromatic heterocycles. The Hall–Kier alpha value is -2.26. The maximum Gasteiger partial charge on any atom is 0.129 e. The van der Waals surface area contributed by atoms with E-state index in [9.17, 15) is 13.9 Å². The first-order chi connectivity index (χ1) is 10.1. The van der Waals surface area contributed by atoms with Crippen LogP contribution in [0.5, 0.6) is 0 Å². The zero-order valence-electron chi connectivity index (χ0n) is 11.3. The van der Waals surface area contributed by atoms with E-state index in [0.717, 1.165) is 10.8 Å². The predicted octanol–water partition coefficient (Wildman–Crippen LogP) is 4.39. The highest BCUT2D eigenvalue weighted by Gasteiger charge is 2.15. The normalized spacial score (nSPS) is 12.5. The van der Waals surface area contributed by atoms with Crippen LogP contribution < -0.4 is 0 Å². The maximum absolute atomic E-state index is 13.6. The number of halogens is 2. The van der Waals surface area contributed by atoms with E-state index in [-0.39, 0.29) is 12.0 Å². The molecule has 3 heteroatoms. The minimum absolute atomic E-state index is 0.0850. The van der Waals surface area contributed by atoms with Crippen LogP contribution in [0.3, 0.4) is 0 Å². The van der Waals surface area contributed by atoms with E-state index >= 15 is 0 Å². The van der Waals surface area contributed by atoms with Crippen molar-refractivity contribution in [2.45, 2.75) is 12.5 Å². The third kappa shape index (κ3) is 2.78. The van der Waals surface area contributed by atoms with E-state index in [0.29, 0.717) is 5.56 Å². The molecule has 0 heterocycles. The van der Waals surface area contributed by atoms with Crippen LogP contribution in [0.25, 0.3) is 10.8 Å². The minimum Gasteiger partial charge on any atom is -0.388 e. The summed E-state index contributed by atoms with van der Waals surface area (Å²) in [5, 5.41) is 12.3. The van der Waals surface area contributed by atoms with Gasteiger partial charge in [0.1, 0.15) is 11.6 Å². The molecule has 0 spiro atoms. The van der Waals surface area contributed by atoms with Gasteiger partial charge in [0.25, 0.3) is 0 Å². The third-order valence-electron chi connectivity index (χ3n) is 3.62. The van der Waals surface area contributed by atoms with Crippen LogP contribution in [0.1, 0.15) is 17.2 Å². The smallest absolute Gasteiger partial charge is 0.129 e. The third-order valence-corrected chi connectivity index (χ3v) is 3.62. The zero-order chi connectivity index (χ0) is 14.8. The summed E-state index contributed by atoms with van der Waals surface area (Å²) in [6.07, 6.45) is -1.03. The lowest BCUT2D eigenvalue weighted by Crippen LogP contribution is -2.05. The lowest BCUT2D eigenvalue weighted by atomic mass is 9.98. The Morgan fingerprint density at radius 2 is 1.48 bits per heavy atom.